The summed E-state index contributed by atoms with van der Waals surface area (Å²) in [5, 5.41) is 5.66. The van der Waals surface area contributed by atoms with Crippen LogP contribution in [0.3, 0.4) is 0 Å². The predicted octanol–water partition coefficient (Wildman–Crippen LogP) is 8.47. The van der Waals surface area contributed by atoms with Crippen molar-refractivity contribution >= 4 is 24.1 Å². The molecule has 1 fully saturated rings. The maximum atomic E-state index is 12.6. The number of piperazine rings is 1. The number of hydrogen-bond acceptors (Lipinski definition) is 11. The van der Waals surface area contributed by atoms with Crippen LogP contribution in [0, 0.1) is 0 Å². The zero-order valence-corrected chi connectivity index (χ0v) is 37.8. The predicted molar refractivity (Wildman–Crippen MR) is 233 cm³/mol. The van der Waals surface area contributed by atoms with Crippen LogP contribution < -0.4 is 10.6 Å². The van der Waals surface area contributed by atoms with Gasteiger partial charge >= 0.3 is 24.1 Å². The van der Waals surface area contributed by atoms with Crippen molar-refractivity contribution in [1.82, 2.24) is 25.3 Å². The van der Waals surface area contributed by atoms with Crippen molar-refractivity contribution in [3.05, 3.63) is 0 Å². The van der Waals surface area contributed by atoms with Gasteiger partial charge in [0.15, 0.2) is 0 Å². The zero-order chi connectivity index (χ0) is 42.5. The molecule has 13 nitrogen and oxygen atoms in total. The third-order valence-electron chi connectivity index (χ3n) is 11.0. The van der Waals surface area contributed by atoms with Crippen molar-refractivity contribution in [2.75, 3.05) is 85.7 Å². The number of carbonyl (C=O) groups is 4. The van der Waals surface area contributed by atoms with Gasteiger partial charge in [0.05, 0.1) is 26.1 Å². The van der Waals surface area contributed by atoms with E-state index in [-0.39, 0.29) is 49.2 Å². The van der Waals surface area contributed by atoms with E-state index >= 15 is 0 Å². The molecule has 2 unspecified atom stereocenters. The maximum absolute atomic E-state index is 12.6. The number of nitrogens with one attached hydrogen (secondary N) is 2. The molecule has 0 spiro atoms. The first-order chi connectivity index (χ1) is 28.2. The van der Waals surface area contributed by atoms with E-state index in [4.69, 9.17) is 18.9 Å². The molecule has 1 heterocycles. The Labute approximate surface area is 353 Å². The second-order valence-corrected chi connectivity index (χ2v) is 16.2. The topological polar surface area (TPSA) is 139 Å². The molecule has 2 N–H and O–H groups in total. The van der Waals surface area contributed by atoms with Gasteiger partial charge in [-0.3, -0.25) is 14.5 Å². The molecule has 0 aliphatic carbocycles. The molecule has 0 aromatic carbocycles. The molecule has 0 saturated carbocycles. The van der Waals surface area contributed by atoms with E-state index in [1.165, 1.54) is 64.2 Å². The van der Waals surface area contributed by atoms with Crippen molar-refractivity contribution in [1.29, 1.82) is 0 Å². The smallest absolute Gasteiger partial charge is 0.407 e. The number of esters is 2. The Morgan fingerprint density at radius 2 is 0.983 bits per heavy atom. The first-order valence-corrected chi connectivity index (χ1v) is 23.5. The fourth-order valence-corrected chi connectivity index (χ4v) is 6.92. The molecule has 0 radical (unpaired) electrons. The van der Waals surface area contributed by atoms with Crippen molar-refractivity contribution in [3.63, 3.8) is 0 Å². The third-order valence-corrected chi connectivity index (χ3v) is 11.0. The van der Waals surface area contributed by atoms with Crippen LogP contribution in [0.4, 0.5) is 9.59 Å². The van der Waals surface area contributed by atoms with Crippen molar-refractivity contribution in [2.24, 2.45) is 0 Å². The number of hydrogen-bond donors (Lipinski definition) is 2. The van der Waals surface area contributed by atoms with E-state index in [9.17, 15) is 19.2 Å². The van der Waals surface area contributed by atoms with Gasteiger partial charge in [0, 0.05) is 65.4 Å². The van der Waals surface area contributed by atoms with Gasteiger partial charge in [0.1, 0.15) is 12.2 Å². The molecule has 13 heteroatoms. The third kappa shape index (κ3) is 31.3. The molecule has 340 valence electrons. The molecule has 58 heavy (non-hydrogen) atoms. The summed E-state index contributed by atoms with van der Waals surface area (Å²) in [6.45, 7) is 16.8. The summed E-state index contributed by atoms with van der Waals surface area (Å²) in [6.07, 6.45) is 20.4. The summed E-state index contributed by atoms with van der Waals surface area (Å²) in [7, 11) is 2.14. The molecule has 1 aliphatic heterocycles. The zero-order valence-electron chi connectivity index (χ0n) is 37.8. The molecule has 1 aliphatic rings. The normalized spacial score (nSPS) is 14.5. The number of likely N-dealkylation sites (N-methyl/N-ethyl adjacent to an activating group) is 1. The Hall–Kier alpha value is -2.64. The minimum Gasteiger partial charge on any atom is -0.466 e. The Balaban J connectivity index is 2.29. The lowest BCUT2D eigenvalue weighted by molar-refractivity contribution is -0.144. The van der Waals surface area contributed by atoms with E-state index in [0.717, 1.165) is 77.8 Å². The fraction of sp³-hybridized carbons (Fsp3) is 0.911. The lowest BCUT2D eigenvalue weighted by Crippen LogP contribution is -2.47. The Morgan fingerprint density at radius 3 is 1.41 bits per heavy atom. The van der Waals surface area contributed by atoms with Crippen LogP contribution in [0.5, 0.6) is 0 Å². The van der Waals surface area contributed by atoms with Crippen LogP contribution >= 0.6 is 0 Å². The summed E-state index contributed by atoms with van der Waals surface area (Å²) in [5.74, 6) is -0.527. The highest BCUT2D eigenvalue weighted by atomic mass is 16.6. The molecular weight excluding hydrogens is 739 g/mol. The van der Waals surface area contributed by atoms with E-state index in [1.807, 2.05) is 0 Å². The molecule has 1 saturated heterocycles. The van der Waals surface area contributed by atoms with Crippen LogP contribution in [0.2, 0.25) is 0 Å². The molecule has 0 aromatic heterocycles. The second-order valence-electron chi connectivity index (χ2n) is 16.2. The number of nitrogens with zero attached hydrogens (tertiary/aromatic N) is 3. The summed E-state index contributed by atoms with van der Waals surface area (Å²) in [4.78, 5) is 56.7. The highest BCUT2D eigenvalue weighted by molar-refractivity contribution is 5.70. The van der Waals surface area contributed by atoms with Crippen LogP contribution in [0.15, 0.2) is 0 Å². The molecule has 2 atom stereocenters. The minimum absolute atomic E-state index is 0.0465. The lowest BCUT2D eigenvalue weighted by atomic mass is 10.1. The summed E-state index contributed by atoms with van der Waals surface area (Å²) in [5.41, 5.74) is 0. The minimum atomic E-state index is -0.374. The van der Waals surface area contributed by atoms with Gasteiger partial charge in [-0.05, 0) is 71.3 Å². The van der Waals surface area contributed by atoms with Crippen molar-refractivity contribution < 1.29 is 38.1 Å². The first kappa shape index (κ1) is 53.4. The van der Waals surface area contributed by atoms with Gasteiger partial charge in [-0.15, -0.1) is 0 Å². The number of unbranched alkanes of at least 4 members (excludes halogenated alkanes) is 12. The summed E-state index contributed by atoms with van der Waals surface area (Å²) < 4.78 is 22.2. The summed E-state index contributed by atoms with van der Waals surface area (Å²) in [6, 6.07) is 0. The Kier molecular flexibility index (Phi) is 34.4. The van der Waals surface area contributed by atoms with Crippen LogP contribution in [-0.4, -0.2) is 137 Å². The highest BCUT2D eigenvalue weighted by Crippen LogP contribution is 2.14. The SMILES string of the molecule is CCCCCCCCC(CC)OC(=O)NCCCCOC(=O)CCN(CCC(=O)OCCCCNC(=O)OC(CC)CCCCCCCC)CCN1CCN(C)CC1. The van der Waals surface area contributed by atoms with Gasteiger partial charge < -0.3 is 39.4 Å². The number of amides is 2. The molecule has 0 aromatic rings. The van der Waals surface area contributed by atoms with Crippen LogP contribution in [-0.2, 0) is 28.5 Å². The van der Waals surface area contributed by atoms with E-state index in [0.29, 0.717) is 65.1 Å². The van der Waals surface area contributed by atoms with Crippen LogP contribution in [0.25, 0.3) is 0 Å². The molecule has 1 rings (SSSR count). The van der Waals surface area contributed by atoms with E-state index in [1.54, 1.807) is 0 Å². The van der Waals surface area contributed by atoms with Crippen molar-refractivity contribution in [2.45, 2.75) is 181 Å². The first-order valence-electron chi connectivity index (χ1n) is 23.5. The van der Waals surface area contributed by atoms with Gasteiger partial charge in [-0.1, -0.05) is 91.9 Å². The van der Waals surface area contributed by atoms with Gasteiger partial charge in [0.2, 0.25) is 0 Å². The lowest BCUT2D eigenvalue weighted by Gasteiger charge is -2.34. The highest BCUT2D eigenvalue weighted by Gasteiger charge is 2.18. The average Bonchev–Trinajstić information content (AvgIpc) is 3.22. The summed E-state index contributed by atoms with van der Waals surface area (Å²) >= 11 is 0. The number of carbonyl (C=O) groups excluding carboxylic acids is 4. The number of rotatable bonds is 37. The van der Waals surface area contributed by atoms with Crippen LogP contribution in [0.1, 0.15) is 169 Å². The monoisotopic (exact) mass is 826 g/mol. The van der Waals surface area contributed by atoms with Gasteiger partial charge in [0.25, 0.3) is 0 Å². The number of ether oxygens (including phenoxy) is 4. The average molecular weight is 826 g/mol. The largest absolute Gasteiger partial charge is 0.466 e. The fourth-order valence-electron chi connectivity index (χ4n) is 6.92. The van der Waals surface area contributed by atoms with E-state index in [2.05, 4.69) is 60.1 Å². The molecular formula is C45H87N5O8. The quantitative estimate of drug-likeness (QED) is 0.0354. The van der Waals surface area contributed by atoms with Gasteiger partial charge in [-0.2, -0.15) is 0 Å². The Morgan fingerprint density at radius 1 is 0.552 bits per heavy atom. The van der Waals surface area contributed by atoms with Crippen molar-refractivity contribution in [3.8, 4) is 0 Å². The molecule has 2 amide bonds. The number of alkyl carbamates (subject to hydrolysis) is 2. The Bertz CT molecular complexity index is 963. The van der Waals surface area contributed by atoms with E-state index < -0.39 is 0 Å². The van der Waals surface area contributed by atoms with Gasteiger partial charge in [-0.25, -0.2) is 9.59 Å². The standard InChI is InChI=1S/C45H87N5O8/c1-6-10-12-14-16-18-24-40(8-3)57-44(53)46-28-20-22-38-55-42(51)26-30-49(36-37-50-34-32-48(5)33-35-50)31-27-43(52)56-39-23-21-29-47-45(54)58-41(9-4)25-19-17-15-13-11-7-2/h40-41H,6-39H2,1-5H3,(H,46,53)(H,47,54). The second kappa shape index (κ2) is 37.4. The molecule has 0 bridgehead atoms. The maximum Gasteiger partial charge on any atom is 0.407 e.